The summed E-state index contributed by atoms with van der Waals surface area (Å²) < 4.78 is 6.12. The van der Waals surface area contributed by atoms with Crippen LogP contribution in [-0.2, 0) is 33.5 Å². The van der Waals surface area contributed by atoms with E-state index in [0.29, 0.717) is 56.8 Å². The highest BCUT2D eigenvalue weighted by Gasteiger charge is 2.38. The summed E-state index contributed by atoms with van der Waals surface area (Å²) in [6.07, 6.45) is 30.7. The topological polar surface area (TPSA) is 212 Å². The van der Waals surface area contributed by atoms with Crippen molar-refractivity contribution in [3.05, 3.63) is 0 Å². The van der Waals surface area contributed by atoms with Crippen LogP contribution in [0.25, 0.3) is 0 Å². The normalized spacial score (nSPS) is 33.9. The van der Waals surface area contributed by atoms with Crippen molar-refractivity contribution in [2.75, 3.05) is 13.2 Å². The first-order chi connectivity index (χ1) is 33.5. The van der Waals surface area contributed by atoms with Gasteiger partial charge < -0.3 is 41.5 Å². The van der Waals surface area contributed by atoms with Crippen molar-refractivity contribution in [2.45, 2.75) is 235 Å². The number of rotatable bonds is 11. The number of carbonyl (C=O) groups is 6. The maximum atomic E-state index is 14.9. The number of hydrogen-bond acceptors (Lipinski definition) is 8. The highest BCUT2D eigenvalue weighted by atomic mass is 16.5. The van der Waals surface area contributed by atoms with Gasteiger partial charge in [-0.25, -0.2) is 4.79 Å². The fourth-order valence-electron chi connectivity index (χ4n) is 13.7. The number of aliphatic hydroxyl groups is 1. The van der Waals surface area contributed by atoms with Crippen LogP contribution in [0.4, 0.5) is 0 Å². The van der Waals surface area contributed by atoms with E-state index in [1.54, 1.807) is 0 Å². The lowest BCUT2D eigenvalue weighted by Crippen LogP contribution is -2.59. The Bertz CT molecular complexity index is 1740. The van der Waals surface area contributed by atoms with Gasteiger partial charge in [0, 0.05) is 5.92 Å². The molecule has 0 radical (unpaired) electrons. The van der Waals surface area contributed by atoms with Crippen LogP contribution in [0.1, 0.15) is 199 Å². The van der Waals surface area contributed by atoms with Gasteiger partial charge in [-0.2, -0.15) is 0 Å². The van der Waals surface area contributed by atoms with Crippen molar-refractivity contribution >= 4 is 35.5 Å². The molecule has 5 atom stereocenters. The van der Waals surface area contributed by atoms with Gasteiger partial charge in [0.05, 0.1) is 12.7 Å². The maximum absolute atomic E-state index is 14.9. The number of fused-ring (bicyclic) bond motifs is 16. The first kappa shape index (κ1) is 53.1. The summed E-state index contributed by atoms with van der Waals surface area (Å²) in [5.41, 5.74) is 0. The number of aliphatic carboxylic acids is 1. The highest BCUT2D eigenvalue weighted by molar-refractivity contribution is 5.97. The first-order valence-corrected chi connectivity index (χ1v) is 28.0. The van der Waals surface area contributed by atoms with Gasteiger partial charge in [0.25, 0.3) is 5.91 Å². The van der Waals surface area contributed by atoms with Crippen molar-refractivity contribution in [2.24, 2.45) is 47.3 Å². The second-order valence-electron chi connectivity index (χ2n) is 22.7. The van der Waals surface area contributed by atoms with Crippen LogP contribution in [0, 0.1) is 59.2 Å². The van der Waals surface area contributed by atoms with Crippen molar-refractivity contribution < 1.29 is 43.7 Å². The molecule has 2 saturated heterocycles. The molecule has 2 heterocycles. The van der Waals surface area contributed by atoms with E-state index in [0.717, 1.165) is 94.8 Å². The van der Waals surface area contributed by atoms with Crippen LogP contribution in [0.3, 0.4) is 0 Å². The number of ether oxygens (including phenoxy) is 1. The van der Waals surface area contributed by atoms with E-state index in [4.69, 9.17) is 4.74 Å². The van der Waals surface area contributed by atoms with Crippen LogP contribution >= 0.6 is 0 Å². The second kappa shape index (κ2) is 27.2. The number of nitrogens with one attached hydrogen (secondary N) is 5. The Morgan fingerprint density at radius 3 is 1.72 bits per heavy atom. The van der Waals surface area contributed by atoms with E-state index in [9.17, 15) is 39.0 Å². The Labute approximate surface area is 412 Å². The van der Waals surface area contributed by atoms with Gasteiger partial charge in [-0.15, -0.1) is 0 Å². The SMILES string of the molecule is O=C1COC2CCC(CC2)CC(C(=O)NC(CO)C(=O)O)NC(=O)C(CCC2CCCCC2)NC(=O)C(CC2CCC(C3CCCCC3)CC2)NC(=O)C(C#CC2CCC(C3CCCCC3)CC2)N1. The Morgan fingerprint density at radius 2 is 1.13 bits per heavy atom. The summed E-state index contributed by atoms with van der Waals surface area (Å²) in [6.45, 7) is -1.08. The van der Waals surface area contributed by atoms with Gasteiger partial charge in [0.1, 0.15) is 30.8 Å². The summed E-state index contributed by atoms with van der Waals surface area (Å²) in [4.78, 5) is 83.6. The molecule has 7 N–H and O–H groups in total. The van der Waals surface area contributed by atoms with Crippen LogP contribution < -0.4 is 26.6 Å². The van der Waals surface area contributed by atoms with Gasteiger partial charge in [-0.1, -0.05) is 121 Å². The molecule has 8 aliphatic rings. The van der Waals surface area contributed by atoms with Gasteiger partial charge in [0.2, 0.25) is 23.6 Å². The standard InChI is InChI=1S/C55H87N5O9/c61-34-49(55(67)68)60-54(66)48-33-39-20-28-44(29-21-39)69-35-50(62)56-45(30-23-37-16-24-42(25-17-37)40-12-6-2-7-13-40)51(63)58-47(32-38-18-26-43(27-19-38)41-14-8-3-9-15-41)53(65)57-46(52(64)59-48)31-22-36-10-4-1-5-11-36/h36-49,61H,1-22,24-29,31-35H2,(H,56,62)(H,57,65)(H,58,63)(H,59,64)(H,60,66)(H,67,68). The largest absolute Gasteiger partial charge is 0.480 e. The Hall–Kier alpha value is -3.70. The van der Waals surface area contributed by atoms with Crippen LogP contribution in [0.15, 0.2) is 0 Å². The van der Waals surface area contributed by atoms with Crippen LogP contribution in [0.5, 0.6) is 0 Å². The number of carbonyl (C=O) groups excluding carboxylic acids is 5. The third-order valence-corrected chi connectivity index (χ3v) is 18.0. The van der Waals surface area contributed by atoms with Crippen molar-refractivity contribution in [1.82, 2.24) is 26.6 Å². The molecule has 5 unspecified atom stereocenters. The molecular formula is C55H87N5O9. The number of aliphatic hydroxyl groups excluding tert-OH is 1. The highest BCUT2D eigenvalue weighted by Crippen LogP contribution is 2.42. The lowest BCUT2D eigenvalue weighted by Gasteiger charge is -2.37. The lowest BCUT2D eigenvalue weighted by atomic mass is 9.70. The van der Waals surface area contributed by atoms with E-state index in [1.807, 2.05) is 0 Å². The average molecular weight is 962 g/mol. The quantitative estimate of drug-likeness (QED) is 0.0839. The molecular weight excluding hydrogens is 875 g/mol. The third kappa shape index (κ3) is 16.4. The van der Waals surface area contributed by atoms with Crippen molar-refractivity contribution in [1.29, 1.82) is 0 Å². The molecule has 6 aliphatic carbocycles. The lowest BCUT2D eigenvalue weighted by molar-refractivity contribution is -0.143. The van der Waals surface area contributed by atoms with Crippen molar-refractivity contribution in [3.63, 3.8) is 0 Å². The summed E-state index contributed by atoms with van der Waals surface area (Å²) in [6, 6.07) is -5.94. The van der Waals surface area contributed by atoms with E-state index >= 15 is 0 Å². The van der Waals surface area contributed by atoms with E-state index in [-0.39, 0.29) is 36.9 Å². The minimum absolute atomic E-state index is 0.0266. The Morgan fingerprint density at radius 1 is 0.580 bits per heavy atom. The van der Waals surface area contributed by atoms with E-state index < -0.39 is 72.3 Å². The molecule has 14 heteroatoms. The average Bonchev–Trinajstić information content (AvgIpc) is 3.38. The molecule has 0 aromatic rings. The minimum Gasteiger partial charge on any atom is -0.480 e. The molecule has 8 rings (SSSR count). The minimum atomic E-state index is -1.56. The van der Waals surface area contributed by atoms with Gasteiger partial charge in [-0.3, -0.25) is 24.0 Å². The zero-order valence-electron chi connectivity index (χ0n) is 41.7. The zero-order valence-corrected chi connectivity index (χ0v) is 41.7. The molecule has 0 aromatic carbocycles. The molecule has 6 saturated carbocycles. The van der Waals surface area contributed by atoms with Gasteiger partial charge >= 0.3 is 5.97 Å². The zero-order chi connectivity index (χ0) is 48.5. The number of carboxylic acid groups (broad SMARTS) is 1. The molecule has 386 valence electrons. The predicted molar refractivity (Wildman–Crippen MR) is 263 cm³/mol. The monoisotopic (exact) mass is 962 g/mol. The second-order valence-corrected chi connectivity index (χ2v) is 22.7. The Balaban J connectivity index is 1.14. The molecule has 2 bridgehead atoms. The van der Waals surface area contributed by atoms with E-state index in [1.165, 1.54) is 70.6 Å². The summed E-state index contributed by atoms with van der Waals surface area (Å²) >= 11 is 0. The summed E-state index contributed by atoms with van der Waals surface area (Å²) in [7, 11) is 0. The Kier molecular flexibility index (Phi) is 20.9. The molecule has 5 amide bonds. The molecule has 0 aromatic heterocycles. The first-order valence-electron chi connectivity index (χ1n) is 28.0. The fourth-order valence-corrected chi connectivity index (χ4v) is 13.7. The molecule has 2 aliphatic heterocycles. The van der Waals surface area contributed by atoms with Crippen LogP contribution in [0.2, 0.25) is 0 Å². The maximum Gasteiger partial charge on any atom is 0.328 e. The molecule has 8 fully saturated rings. The van der Waals surface area contributed by atoms with Crippen molar-refractivity contribution in [3.8, 4) is 11.8 Å². The molecule has 14 nitrogen and oxygen atoms in total. The third-order valence-electron chi connectivity index (χ3n) is 18.0. The predicted octanol–water partition coefficient (Wildman–Crippen LogP) is 6.99. The number of amides is 5. The van der Waals surface area contributed by atoms with Crippen LogP contribution in [-0.4, -0.2) is 95.2 Å². The molecule has 0 spiro atoms. The molecule has 69 heavy (non-hydrogen) atoms. The van der Waals surface area contributed by atoms with Gasteiger partial charge in [-0.05, 0) is 131 Å². The van der Waals surface area contributed by atoms with Gasteiger partial charge in [0.15, 0.2) is 6.04 Å². The summed E-state index contributed by atoms with van der Waals surface area (Å²) in [5, 5.41) is 33.8. The number of hydrogen-bond donors (Lipinski definition) is 7. The smallest absolute Gasteiger partial charge is 0.328 e. The number of carboxylic acids is 1. The summed E-state index contributed by atoms with van der Waals surface area (Å²) in [5.74, 6) is 6.01. The van der Waals surface area contributed by atoms with E-state index in [2.05, 4.69) is 38.4 Å². The fraction of sp³-hybridized carbons (Fsp3) is 0.855.